The van der Waals surface area contributed by atoms with Crippen LogP contribution >= 0.6 is 0 Å². The number of hydrogen-bond acceptors (Lipinski definition) is 1. The van der Waals surface area contributed by atoms with E-state index in [0.717, 1.165) is 0 Å². The molecule has 0 radical (unpaired) electrons. The molecule has 0 bridgehead atoms. The Hall–Kier alpha value is -0.223. The molecular weight excluding hydrogens is 129 g/mol. The van der Waals surface area contributed by atoms with Gasteiger partial charge in [0.1, 0.15) is 0 Å². The first-order valence-electron chi connectivity index (χ1n) is 3.33. The molecule has 0 aromatic heterocycles. The molecule has 0 saturated heterocycles. The average Bonchev–Trinajstić information content (AvgIpc) is 1.91. The van der Waals surface area contributed by atoms with Crippen LogP contribution in [0, 0.1) is 13.0 Å². The largest absolute Gasteiger partial charge is 1.00 e. The van der Waals surface area contributed by atoms with Gasteiger partial charge in [0.15, 0.2) is 0 Å². The van der Waals surface area contributed by atoms with E-state index >= 15 is 0 Å². The summed E-state index contributed by atoms with van der Waals surface area (Å²) in [6.45, 7) is 2.03. The first-order chi connectivity index (χ1) is 4.81. The zero-order valence-corrected chi connectivity index (χ0v) is 7.81. The maximum Gasteiger partial charge on any atom is 1.00 e. The number of aryl methyl sites for hydroxylation is 1. The molecule has 11 heavy (non-hydrogen) atoms. The van der Waals surface area contributed by atoms with Crippen molar-refractivity contribution in [3.8, 4) is 0 Å². The second kappa shape index (κ2) is 9.78. The summed E-state index contributed by atoms with van der Waals surface area (Å²) in [5, 5.41) is 2.75. The second-order valence-corrected chi connectivity index (χ2v) is 2.05. The second-order valence-electron chi connectivity index (χ2n) is 2.05. The van der Waals surface area contributed by atoms with Gasteiger partial charge in [0.05, 0.1) is 0 Å². The van der Waals surface area contributed by atoms with E-state index in [1.807, 2.05) is 45.3 Å². The average molecular weight is 143 g/mol. The van der Waals surface area contributed by atoms with Crippen molar-refractivity contribution in [3.63, 3.8) is 0 Å². The summed E-state index contributed by atoms with van der Waals surface area (Å²) >= 11 is 0. The standard InChI is InChI=1S/C7H7.C2H7N.Li/c1-7-5-3-2-4-6-7;1-3-2;/h2-5H,1H3;3H,1-2H3;/q-1;;+1. The predicted octanol–water partition coefficient (Wildman–Crippen LogP) is -1.37. The molecule has 0 heterocycles. The summed E-state index contributed by atoms with van der Waals surface area (Å²) in [6, 6.07) is 10.9. The molecule has 0 spiro atoms. The van der Waals surface area contributed by atoms with Crippen molar-refractivity contribution >= 4 is 0 Å². The van der Waals surface area contributed by atoms with E-state index in [9.17, 15) is 0 Å². The fraction of sp³-hybridized carbons (Fsp3) is 0.333. The number of rotatable bonds is 0. The smallest absolute Gasteiger partial charge is 0.323 e. The van der Waals surface area contributed by atoms with E-state index in [0.29, 0.717) is 0 Å². The molecule has 0 aliphatic rings. The molecule has 0 fully saturated rings. The van der Waals surface area contributed by atoms with Crippen LogP contribution in [0.25, 0.3) is 0 Å². The van der Waals surface area contributed by atoms with E-state index in [1.165, 1.54) is 5.56 Å². The van der Waals surface area contributed by atoms with Crippen LogP contribution in [-0.4, -0.2) is 14.1 Å². The van der Waals surface area contributed by atoms with Crippen LogP contribution in [0.5, 0.6) is 0 Å². The molecule has 56 valence electrons. The summed E-state index contributed by atoms with van der Waals surface area (Å²) in [5.74, 6) is 0. The zero-order valence-electron chi connectivity index (χ0n) is 7.81. The topological polar surface area (TPSA) is 12.0 Å². The van der Waals surface area contributed by atoms with Crippen LogP contribution in [0.2, 0.25) is 0 Å². The van der Waals surface area contributed by atoms with E-state index in [-0.39, 0.29) is 18.9 Å². The molecule has 2 heteroatoms. The SMILES string of the molecule is CNC.Cc1[c-]cccc1.[Li+]. The van der Waals surface area contributed by atoms with E-state index in [4.69, 9.17) is 0 Å². The van der Waals surface area contributed by atoms with E-state index in [1.54, 1.807) is 0 Å². The van der Waals surface area contributed by atoms with Gasteiger partial charge in [-0.25, -0.2) is 0 Å². The quantitative estimate of drug-likeness (QED) is 0.349. The monoisotopic (exact) mass is 143 g/mol. The Bertz CT molecular complexity index is 151. The predicted molar refractivity (Wildman–Crippen MR) is 45.0 cm³/mol. The van der Waals surface area contributed by atoms with Gasteiger partial charge in [-0.2, -0.15) is 35.9 Å². The normalized spacial score (nSPS) is 7.18. The third-order valence-electron chi connectivity index (χ3n) is 0.865. The van der Waals surface area contributed by atoms with Crippen LogP contribution in [0.4, 0.5) is 0 Å². The van der Waals surface area contributed by atoms with Gasteiger partial charge in [0, 0.05) is 0 Å². The molecule has 0 unspecified atom stereocenters. The van der Waals surface area contributed by atoms with Gasteiger partial charge in [-0.05, 0) is 14.1 Å². The fourth-order valence-electron chi connectivity index (χ4n) is 0.483. The van der Waals surface area contributed by atoms with Gasteiger partial charge in [-0.1, -0.05) is 6.92 Å². The Balaban J connectivity index is 0. The number of hydrogen-bond donors (Lipinski definition) is 1. The number of benzene rings is 1. The first-order valence-corrected chi connectivity index (χ1v) is 3.33. The van der Waals surface area contributed by atoms with Crippen LogP contribution in [0.3, 0.4) is 0 Å². The minimum Gasteiger partial charge on any atom is -0.323 e. The Morgan fingerprint density at radius 2 is 1.82 bits per heavy atom. The van der Waals surface area contributed by atoms with Crippen molar-refractivity contribution < 1.29 is 18.9 Å². The first kappa shape index (κ1) is 13.4. The molecule has 0 aliphatic carbocycles. The third kappa shape index (κ3) is 9.78. The summed E-state index contributed by atoms with van der Waals surface area (Å²) in [5.41, 5.74) is 1.20. The Morgan fingerprint density at radius 1 is 1.27 bits per heavy atom. The molecule has 1 aromatic rings. The Labute approximate surface area is 81.4 Å². The maximum absolute atomic E-state index is 3.03. The molecule has 1 nitrogen and oxygen atoms in total. The van der Waals surface area contributed by atoms with Crippen LogP contribution in [0.1, 0.15) is 5.56 Å². The molecule has 0 saturated carbocycles. The third-order valence-corrected chi connectivity index (χ3v) is 0.865. The molecule has 1 aromatic carbocycles. The summed E-state index contributed by atoms with van der Waals surface area (Å²) < 4.78 is 0. The van der Waals surface area contributed by atoms with Crippen LogP contribution in [0.15, 0.2) is 24.3 Å². The van der Waals surface area contributed by atoms with Crippen LogP contribution in [-0.2, 0) is 0 Å². The maximum atomic E-state index is 3.03. The summed E-state index contributed by atoms with van der Waals surface area (Å²) in [6.07, 6.45) is 0. The summed E-state index contributed by atoms with van der Waals surface area (Å²) in [7, 11) is 3.75. The van der Waals surface area contributed by atoms with Crippen molar-refractivity contribution in [2.45, 2.75) is 6.92 Å². The van der Waals surface area contributed by atoms with Gasteiger partial charge in [-0.15, -0.1) is 0 Å². The van der Waals surface area contributed by atoms with Gasteiger partial charge >= 0.3 is 18.9 Å². The molecular formula is C9H14LiN. The molecule has 1 rings (SSSR count). The van der Waals surface area contributed by atoms with Crippen molar-refractivity contribution in [3.05, 3.63) is 35.9 Å². The van der Waals surface area contributed by atoms with Crippen molar-refractivity contribution in [1.29, 1.82) is 0 Å². The molecule has 0 amide bonds. The Morgan fingerprint density at radius 3 is 2.00 bits per heavy atom. The minimum absolute atomic E-state index is 0. The summed E-state index contributed by atoms with van der Waals surface area (Å²) in [4.78, 5) is 0. The van der Waals surface area contributed by atoms with Gasteiger partial charge in [0.25, 0.3) is 0 Å². The van der Waals surface area contributed by atoms with Gasteiger partial charge < -0.3 is 5.32 Å². The van der Waals surface area contributed by atoms with Crippen molar-refractivity contribution in [2.75, 3.05) is 14.1 Å². The van der Waals surface area contributed by atoms with E-state index < -0.39 is 0 Å². The van der Waals surface area contributed by atoms with Crippen molar-refractivity contribution in [1.82, 2.24) is 5.32 Å². The minimum atomic E-state index is 0. The van der Waals surface area contributed by atoms with Crippen LogP contribution < -0.4 is 24.2 Å². The van der Waals surface area contributed by atoms with E-state index in [2.05, 4.69) is 11.4 Å². The molecule has 1 N–H and O–H groups in total. The Kier molecular flexibility index (Phi) is 11.9. The fourth-order valence-corrected chi connectivity index (χ4v) is 0.483. The van der Waals surface area contributed by atoms with Gasteiger partial charge in [0.2, 0.25) is 0 Å². The van der Waals surface area contributed by atoms with Gasteiger partial charge in [-0.3, -0.25) is 0 Å². The van der Waals surface area contributed by atoms with Crippen molar-refractivity contribution in [2.24, 2.45) is 0 Å². The number of nitrogens with one attached hydrogen (secondary N) is 1. The molecule has 0 aliphatic heterocycles. The molecule has 0 atom stereocenters. The zero-order chi connectivity index (χ0) is 7.82.